The number of aromatic amines is 1. The van der Waals surface area contributed by atoms with Gasteiger partial charge in [0.1, 0.15) is 18.1 Å². The molecule has 0 aliphatic carbocycles. The quantitative estimate of drug-likeness (QED) is 0.356. The molecule has 2 heterocycles. The molecular weight excluding hydrogens is 490 g/mol. The van der Waals surface area contributed by atoms with Crippen molar-refractivity contribution in [1.82, 2.24) is 20.9 Å². The van der Waals surface area contributed by atoms with Crippen molar-refractivity contribution in [3.8, 4) is 5.75 Å². The maximum Gasteiger partial charge on any atom is 0.345 e. The summed E-state index contributed by atoms with van der Waals surface area (Å²) in [6.07, 6.45) is 0.396. The van der Waals surface area contributed by atoms with Gasteiger partial charge < -0.3 is 30.4 Å². The molecule has 0 saturated carbocycles. The average molecular weight is 525 g/mol. The van der Waals surface area contributed by atoms with Crippen molar-refractivity contribution in [2.45, 2.75) is 46.3 Å². The van der Waals surface area contributed by atoms with Crippen molar-refractivity contribution in [2.75, 3.05) is 26.8 Å². The number of carbonyl (C=O) groups is 4. The van der Waals surface area contributed by atoms with Crippen LogP contribution in [0.5, 0.6) is 5.75 Å². The molecule has 0 bridgehead atoms. The van der Waals surface area contributed by atoms with Gasteiger partial charge in [0.2, 0.25) is 11.8 Å². The van der Waals surface area contributed by atoms with Crippen LogP contribution >= 0.6 is 0 Å². The lowest BCUT2D eigenvalue weighted by Gasteiger charge is -2.20. The molecule has 1 fully saturated rings. The van der Waals surface area contributed by atoms with Gasteiger partial charge in [-0.1, -0.05) is 26.8 Å². The summed E-state index contributed by atoms with van der Waals surface area (Å²) in [4.78, 5) is 51.8. The molecule has 2 aromatic rings. The lowest BCUT2D eigenvalue weighted by Crippen LogP contribution is -2.48. The Morgan fingerprint density at radius 3 is 2.49 bits per heavy atom. The van der Waals surface area contributed by atoms with Gasteiger partial charge in [0.25, 0.3) is 5.91 Å². The summed E-state index contributed by atoms with van der Waals surface area (Å²) in [6.45, 7) is 2.40. The van der Waals surface area contributed by atoms with E-state index in [-0.39, 0.29) is 18.0 Å². The average Bonchev–Trinajstić information content (AvgIpc) is 3.46. The van der Waals surface area contributed by atoms with E-state index in [1.807, 2.05) is 0 Å². The highest BCUT2D eigenvalue weighted by molar-refractivity contribution is 6.01. The maximum absolute atomic E-state index is 12.5. The van der Waals surface area contributed by atoms with E-state index in [9.17, 15) is 28.0 Å². The van der Waals surface area contributed by atoms with Crippen molar-refractivity contribution in [3.63, 3.8) is 0 Å². The molecule has 204 valence electrons. The number of alkyl halides is 2. The number of amides is 3. The van der Waals surface area contributed by atoms with E-state index >= 15 is 0 Å². The Labute approximate surface area is 213 Å². The van der Waals surface area contributed by atoms with Crippen LogP contribution in [0.3, 0.4) is 0 Å². The molecule has 4 N–H and O–H groups in total. The summed E-state index contributed by atoms with van der Waals surface area (Å²) in [7, 11) is 1.51. The predicted octanol–water partition coefficient (Wildman–Crippen LogP) is 2.39. The Morgan fingerprint density at radius 2 is 1.89 bits per heavy atom. The molecule has 1 saturated heterocycles. The van der Waals surface area contributed by atoms with E-state index < -0.39 is 49.3 Å². The van der Waals surface area contributed by atoms with Gasteiger partial charge in [0.15, 0.2) is 5.78 Å². The number of Topliss-reactive ketones (excluding diaryl/α,β-unsaturated/α-hetero) is 1. The zero-order chi connectivity index (χ0) is 27.5. The van der Waals surface area contributed by atoms with Crippen molar-refractivity contribution >= 4 is 34.4 Å². The molecule has 3 amide bonds. The van der Waals surface area contributed by atoms with E-state index in [2.05, 4.69) is 46.4 Å². The van der Waals surface area contributed by atoms with Crippen LogP contribution in [0, 0.1) is 11.8 Å². The van der Waals surface area contributed by atoms with Crippen LogP contribution in [0.2, 0.25) is 0 Å². The van der Waals surface area contributed by atoms with E-state index in [0.29, 0.717) is 29.6 Å². The number of nitrogens with one attached hydrogen (secondary N) is 4. The molecule has 2 unspecified atom stereocenters. The molecule has 0 spiro atoms. The van der Waals surface area contributed by atoms with Crippen molar-refractivity contribution < 1.29 is 37.4 Å². The fourth-order valence-corrected chi connectivity index (χ4v) is 3.60. The third-order valence-corrected chi connectivity index (χ3v) is 5.26. The topological polar surface area (TPSA) is 139 Å². The Balaban J connectivity index is 0.00000112. The first-order valence-corrected chi connectivity index (χ1v) is 11.9. The fraction of sp³-hybridized carbons (Fsp3) is 0.520. The zero-order valence-corrected chi connectivity index (χ0v) is 21.4. The molecule has 2 atom stereocenters. The number of carbonyl (C=O) groups excluding carboxylic acids is 4. The SMILES string of the molecule is CC(C)C.COc1cccc2[nH]c(C(=O)NCC(=O)NC(CC3CCNC3=O)C(=O)COC(F)F)cc12. The minimum atomic E-state index is -3.14. The second kappa shape index (κ2) is 14.3. The van der Waals surface area contributed by atoms with Crippen LogP contribution in [0.1, 0.15) is 44.1 Å². The fourth-order valence-electron chi connectivity index (χ4n) is 3.60. The molecule has 10 nitrogen and oxygen atoms in total. The van der Waals surface area contributed by atoms with E-state index in [1.54, 1.807) is 24.3 Å². The summed E-state index contributed by atoms with van der Waals surface area (Å²) in [6, 6.07) is 5.63. The van der Waals surface area contributed by atoms with Crippen molar-refractivity contribution in [3.05, 3.63) is 30.0 Å². The second-order valence-electron chi connectivity index (χ2n) is 9.19. The standard InChI is InChI=1S/C21H24F2N4O6.C4H10/c1-32-17-4-2-3-13-12(17)8-15(26-13)20(31)25-9-18(29)27-14(16(28)10-33-21(22)23)7-11-5-6-24-19(11)30;1-4(2)3/h2-4,8,11,14,21,26H,5-7,9-10H2,1H3,(H,24,30)(H,25,31)(H,27,29);4H,1-3H3. The summed E-state index contributed by atoms with van der Waals surface area (Å²) in [5, 5.41) is 8.13. The van der Waals surface area contributed by atoms with Crippen LogP contribution in [-0.2, 0) is 19.1 Å². The van der Waals surface area contributed by atoms with Gasteiger partial charge in [0, 0.05) is 23.4 Å². The zero-order valence-electron chi connectivity index (χ0n) is 21.4. The van der Waals surface area contributed by atoms with E-state index in [1.165, 1.54) is 7.11 Å². The number of ketones is 1. The first-order chi connectivity index (χ1) is 17.5. The normalized spacial score (nSPS) is 15.7. The van der Waals surface area contributed by atoms with Gasteiger partial charge in [0.05, 0.1) is 19.7 Å². The van der Waals surface area contributed by atoms with Gasteiger partial charge in [-0.25, -0.2) is 0 Å². The van der Waals surface area contributed by atoms with Gasteiger partial charge >= 0.3 is 6.61 Å². The number of methoxy groups -OCH3 is 1. The number of rotatable bonds is 11. The first-order valence-electron chi connectivity index (χ1n) is 11.9. The molecule has 1 aliphatic rings. The number of hydrogen-bond acceptors (Lipinski definition) is 6. The lowest BCUT2D eigenvalue weighted by molar-refractivity contribution is -0.152. The Morgan fingerprint density at radius 1 is 1.19 bits per heavy atom. The Bertz CT molecular complexity index is 1090. The highest BCUT2D eigenvalue weighted by Gasteiger charge is 2.31. The second-order valence-corrected chi connectivity index (χ2v) is 9.19. The third-order valence-electron chi connectivity index (χ3n) is 5.26. The molecule has 3 rings (SSSR count). The van der Waals surface area contributed by atoms with Gasteiger partial charge in [-0.15, -0.1) is 0 Å². The number of H-pyrrole nitrogens is 1. The number of hydrogen-bond donors (Lipinski definition) is 4. The number of aromatic nitrogens is 1. The van der Waals surface area contributed by atoms with Crippen LogP contribution < -0.4 is 20.7 Å². The van der Waals surface area contributed by atoms with Crippen LogP contribution in [-0.4, -0.2) is 67.9 Å². The van der Waals surface area contributed by atoms with Gasteiger partial charge in [-0.3, -0.25) is 19.2 Å². The van der Waals surface area contributed by atoms with E-state index in [0.717, 1.165) is 5.92 Å². The van der Waals surface area contributed by atoms with Crippen LogP contribution in [0.15, 0.2) is 24.3 Å². The smallest absolute Gasteiger partial charge is 0.345 e. The predicted molar refractivity (Wildman–Crippen MR) is 132 cm³/mol. The maximum atomic E-state index is 12.5. The monoisotopic (exact) mass is 524 g/mol. The summed E-state index contributed by atoms with van der Waals surface area (Å²) in [5.41, 5.74) is 0.867. The number of fused-ring (bicyclic) bond motifs is 1. The molecule has 12 heteroatoms. The molecule has 1 aromatic carbocycles. The summed E-state index contributed by atoms with van der Waals surface area (Å²) >= 11 is 0. The van der Waals surface area contributed by atoms with Crippen LogP contribution in [0.4, 0.5) is 8.78 Å². The Hall–Kier alpha value is -3.54. The molecule has 0 radical (unpaired) electrons. The number of ether oxygens (including phenoxy) is 2. The third kappa shape index (κ3) is 9.45. The van der Waals surface area contributed by atoms with Crippen LogP contribution in [0.25, 0.3) is 10.9 Å². The van der Waals surface area contributed by atoms with Crippen molar-refractivity contribution in [2.24, 2.45) is 11.8 Å². The molecular formula is C25H34F2N4O6. The highest BCUT2D eigenvalue weighted by Crippen LogP contribution is 2.25. The Kier molecular flexibility index (Phi) is 11.4. The lowest BCUT2D eigenvalue weighted by atomic mass is 9.96. The summed E-state index contributed by atoms with van der Waals surface area (Å²) < 4.78 is 33.9. The van der Waals surface area contributed by atoms with E-state index in [4.69, 9.17) is 4.74 Å². The van der Waals surface area contributed by atoms with Crippen molar-refractivity contribution in [1.29, 1.82) is 0 Å². The highest BCUT2D eigenvalue weighted by atomic mass is 19.3. The number of halogens is 2. The number of benzene rings is 1. The first kappa shape index (κ1) is 29.7. The van der Waals surface area contributed by atoms with Gasteiger partial charge in [-0.2, -0.15) is 8.78 Å². The molecule has 37 heavy (non-hydrogen) atoms. The minimum absolute atomic E-state index is 0.0568. The minimum Gasteiger partial charge on any atom is -0.496 e. The molecule has 1 aliphatic heterocycles. The van der Waals surface area contributed by atoms with Gasteiger partial charge in [-0.05, 0) is 37.0 Å². The molecule has 1 aromatic heterocycles. The largest absolute Gasteiger partial charge is 0.496 e. The summed E-state index contributed by atoms with van der Waals surface area (Å²) in [5.74, 6) is -1.49.